The monoisotopic (exact) mass is 438 g/mol. The van der Waals surface area contributed by atoms with Crippen molar-refractivity contribution in [2.24, 2.45) is 0 Å². The molecule has 0 aliphatic heterocycles. The van der Waals surface area contributed by atoms with Crippen molar-refractivity contribution in [1.82, 2.24) is 10.6 Å². The van der Waals surface area contributed by atoms with Crippen LogP contribution in [0.4, 0.5) is 8.78 Å². The van der Waals surface area contributed by atoms with E-state index in [1.165, 1.54) is 0 Å². The molecule has 0 saturated heterocycles. The molecule has 0 aromatic heterocycles. The summed E-state index contributed by atoms with van der Waals surface area (Å²) < 4.78 is 26.8. The van der Waals surface area contributed by atoms with E-state index < -0.39 is 41.5 Å². The van der Waals surface area contributed by atoms with Gasteiger partial charge in [-0.2, -0.15) is 0 Å². The smallest absolute Gasteiger partial charge is 0.330 e. The van der Waals surface area contributed by atoms with Crippen LogP contribution >= 0.6 is 0 Å². The van der Waals surface area contributed by atoms with Crippen molar-refractivity contribution in [3.63, 3.8) is 0 Å². The molecule has 0 aliphatic carbocycles. The van der Waals surface area contributed by atoms with Gasteiger partial charge in [0.15, 0.2) is 6.04 Å². The van der Waals surface area contributed by atoms with Gasteiger partial charge in [0.1, 0.15) is 17.7 Å². The highest BCUT2D eigenvalue weighted by Gasteiger charge is 2.28. The van der Waals surface area contributed by atoms with Crippen LogP contribution in [-0.4, -0.2) is 22.9 Å². The second kappa shape index (κ2) is 10.3. The van der Waals surface area contributed by atoms with Crippen LogP contribution in [0.2, 0.25) is 0 Å². The number of benzene rings is 3. The van der Waals surface area contributed by atoms with E-state index in [1.54, 1.807) is 60.7 Å². The molecule has 2 atom stereocenters. The lowest BCUT2D eigenvalue weighted by atomic mass is 10.0. The molecule has 0 saturated carbocycles. The maximum atomic E-state index is 13.4. The van der Waals surface area contributed by atoms with Crippen molar-refractivity contribution in [2.75, 3.05) is 0 Å². The molecule has 8 heteroatoms. The minimum absolute atomic E-state index is 0.0971. The molecule has 0 heterocycles. The quantitative estimate of drug-likeness (QED) is 0.503. The normalized spacial score (nSPS) is 12.4. The van der Waals surface area contributed by atoms with Crippen LogP contribution in [0.5, 0.6) is 0 Å². The predicted octanol–water partition coefficient (Wildman–Crippen LogP) is 3.31. The van der Waals surface area contributed by atoms with Gasteiger partial charge >= 0.3 is 5.97 Å². The number of carboxylic acids is 1. The highest BCUT2D eigenvalue weighted by Crippen LogP contribution is 2.18. The fourth-order valence-corrected chi connectivity index (χ4v) is 3.21. The summed E-state index contributed by atoms with van der Waals surface area (Å²) >= 11 is 0. The number of nitrogens with one attached hydrogen (secondary N) is 2. The number of aliphatic carboxylic acids is 1. The van der Waals surface area contributed by atoms with Gasteiger partial charge in [0.25, 0.3) is 0 Å². The van der Waals surface area contributed by atoms with E-state index in [9.17, 15) is 28.3 Å². The molecule has 3 rings (SSSR count). The van der Waals surface area contributed by atoms with Crippen molar-refractivity contribution < 1.29 is 28.3 Å². The first-order valence-corrected chi connectivity index (χ1v) is 9.71. The zero-order chi connectivity index (χ0) is 23.1. The Labute approximate surface area is 182 Å². The standard InChI is InChI=1S/C24H20F2N2O4/c25-18-11-15(12-19(26)14-18)13-20(29)27-21(16-7-3-1-4-8-16)23(30)28-22(24(31)32)17-9-5-2-6-10-17/h1-12,14,21-22H,13H2,(H,27,29)(H,28,30)(H,31,32)/t21-,22-/m0/s1. The molecule has 0 fully saturated rings. The van der Waals surface area contributed by atoms with Crippen LogP contribution in [0, 0.1) is 11.6 Å². The predicted molar refractivity (Wildman–Crippen MR) is 112 cm³/mol. The first kappa shape index (κ1) is 22.6. The highest BCUT2D eigenvalue weighted by molar-refractivity contribution is 5.92. The highest BCUT2D eigenvalue weighted by atomic mass is 19.1. The van der Waals surface area contributed by atoms with Crippen molar-refractivity contribution in [1.29, 1.82) is 0 Å². The molecule has 0 radical (unpaired) electrons. The second-order valence-corrected chi connectivity index (χ2v) is 7.06. The molecule has 164 valence electrons. The van der Waals surface area contributed by atoms with Crippen molar-refractivity contribution in [3.8, 4) is 0 Å². The molecule has 0 spiro atoms. The summed E-state index contributed by atoms with van der Waals surface area (Å²) in [4.78, 5) is 37.3. The third kappa shape index (κ3) is 5.98. The molecule has 0 unspecified atom stereocenters. The van der Waals surface area contributed by atoms with E-state index in [1.807, 2.05) is 0 Å². The first-order chi connectivity index (χ1) is 15.3. The molecule has 2 amide bonds. The summed E-state index contributed by atoms with van der Waals surface area (Å²) in [6.07, 6.45) is -0.369. The molecule has 0 aliphatic rings. The van der Waals surface area contributed by atoms with E-state index in [4.69, 9.17) is 0 Å². The SMILES string of the molecule is O=C(Cc1cc(F)cc(F)c1)N[C@H](C(=O)N[C@H](C(=O)O)c1ccccc1)c1ccccc1. The van der Waals surface area contributed by atoms with Gasteiger partial charge in [-0.25, -0.2) is 13.6 Å². The van der Waals surface area contributed by atoms with Crippen molar-refractivity contribution in [3.05, 3.63) is 107 Å². The average molecular weight is 438 g/mol. The maximum absolute atomic E-state index is 13.4. The van der Waals surface area contributed by atoms with E-state index in [0.717, 1.165) is 12.1 Å². The van der Waals surface area contributed by atoms with Gasteiger partial charge in [0, 0.05) is 6.07 Å². The number of halogens is 2. The van der Waals surface area contributed by atoms with Crippen LogP contribution in [0.1, 0.15) is 28.8 Å². The maximum Gasteiger partial charge on any atom is 0.330 e. The molecule has 0 bridgehead atoms. The van der Waals surface area contributed by atoms with Gasteiger partial charge in [-0.05, 0) is 28.8 Å². The Morgan fingerprint density at radius 2 is 1.25 bits per heavy atom. The summed E-state index contributed by atoms with van der Waals surface area (Å²) in [6, 6.07) is 16.6. The third-order valence-electron chi connectivity index (χ3n) is 4.65. The third-order valence-corrected chi connectivity index (χ3v) is 4.65. The number of rotatable bonds is 8. The first-order valence-electron chi connectivity index (χ1n) is 9.71. The fraction of sp³-hybridized carbons (Fsp3) is 0.125. The van der Waals surface area contributed by atoms with Crippen LogP contribution in [0.25, 0.3) is 0 Å². The fourth-order valence-electron chi connectivity index (χ4n) is 3.21. The molecular formula is C24H20F2N2O4. The molecule has 6 nitrogen and oxygen atoms in total. The Bertz CT molecular complexity index is 1090. The van der Waals surface area contributed by atoms with Gasteiger partial charge < -0.3 is 15.7 Å². The lowest BCUT2D eigenvalue weighted by Gasteiger charge is -2.22. The summed E-state index contributed by atoms with van der Waals surface area (Å²) in [5, 5.41) is 14.6. The van der Waals surface area contributed by atoms with E-state index >= 15 is 0 Å². The molecule has 3 aromatic rings. The topological polar surface area (TPSA) is 95.5 Å². The zero-order valence-corrected chi connectivity index (χ0v) is 16.8. The van der Waals surface area contributed by atoms with E-state index in [2.05, 4.69) is 10.6 Å². The van der Waals surface area contributed by atoms with Gasteiger partial charge in [0.2, 0.25) is 11.8 Å². The molecule has 3 aromatic carbocycles. The van der Waals surface area contributed by atoms with Crippen LogP contribution in [0.3, 0.4) is 0 Å². The molecule has 32 heavy (non-hydrogen) atoms. The summed E-state index contributed by atoms with van der Waals surface area (Å²) in [5.41, 5.74) is 0.877. The number of hydrogen-bond donors (Lipinski definition) is 3. The van der Waals surface area contributed by atoms with Gasteiger partial charge in [-0.15, -0.1) is 0 Å². The van der Waals surface area contributed by atoms with Crippen molar-refractivity contribution in [2.45, 2.75) is 18.5 Å². The Kier molecular flexibility index (Phi) is 7.28. The Morgan fingerprint density at radius 1 is 0.750 bits per heavy atom. The van der Waals surface area contributed by atoms with Gasteiger partial charge in [-0.1, -0.05) is 60.7 Å². The molecule has 3 N–H and O–H groups in total. The Morgan fingerprint density at radius 3 is 1.75 bits per heavy atom. The average Bonchev–Trinajstić information content (AvgIpc) is 2.76. The van der Waals surface area contributed by atoms with Crippen LogP contribution in [0.15, 0.2) is 78.9 Å². The van der Waals surface area contributed by atoms with E-state index in [0.29, 0.717) is 17.2 Å². The lowest BCUT2D eigenvalue weighted by molar-refractivity contribution is -0.142. The largest absolute Gasteiger partial charge is 0.479 e. The summed E-state index contributed by atoms with van der Waals surface area (Å²) in [5.74, 6) is -4.32. The number of carbonyl (C=O) groups excluding carboxylic acids is 2. The minimum Gasteiger partial charge on any atom is -0.479 e. The number of hydrogen-bond acceptors (Lipinski definition) is 3. The molecular weight excluding hydrogens is 418 g/mol. The summed E-state index contributed by atoms with van der Waals surface area (Å²) in [7, 11) is 0. The Balaban J connectivity index is 1.81. The summed E-state index contributed by atoms with van der Waals surface area (Å²) in [6.45, 7) is 0. The number of amides is 2. The number of carboxylic acid groups (broad SMARTS) is 1. The van der Waals surface area contributed by atoms with Crippen LogP contribution < -0.4 is 10.6 Å². The number of carbonyl (C=O) groups is 3. The Hall–Kier alpha value is -4.07. The van der Waals surface area contributed by atoms with E-state index in [-0.39, 0.29) is 12.0 Å². The van der Waals surface area contributed by atoms with Gasteiger partial charge in [-0.3, -0.25) is 9.59 Å². The van der Waals surface area contributed by atoms with Crippen LogP contribution in [-0.2, 0) is 20.8 Å². The van der Waals surface area contributed by atoms with Crippen molar-refractivity contribution >= 4 is 17.8 Å². The minimum atomic E-state index is -1.33. The zero-order valence-electron chi connectivity index (χ0n) is 16.8. The second-order valence-electron chi connectivity index (χ2n) is 7.06. The van der Waals surface area contributed by atoms with Gasteiger partial charge in [0.05, 0.1) is 6.42 Å². The lowest BCUT2D eigenvalue weighted by Crippen LogP contribution is -2.43.